The van der Waals surface area contributed by atoms with Crippen molar-refractivity contribution in [2.24, 2.45) is 4.99 Å². The van der Waals surface area contributed by atoms with Crippen LogP contribution in [0.15, 0.2) is 65.0 Å². The fraction of sp³-hybridized carbons (Fsp3) is 0.158. The molecule has 0 unspecified atom stereocenters. The number of thioether (sulfide) groups is 1. The van der Waals surface area contributed by atoms with Crippen molar-refractivity contribution in [2.75, 3.05) is 13.4 Å². The Kier molecular flexibility index (Phi) is 5.40. The number of amides is 1. The molecule has 0 radical (unpaired) electrons. The van der Waals surface area contributed by atoms with Gasteiger partial charge in [0.15, 0.2) is 4.80 Å². The molecule has 0 saturated carbocycles. The number of methoxy groups -OCH3 is 1. The Morgan fingerprint density at radius 2 is 2.08 bits per heavy atom. The molecule has 1 aromatic heterocycles. The number of nitrogens with zero attached hydrogens (tertiary/aromatic N) is 2. The summed E-state index contributed by atoms with van der Waals surface area (Å²) in [6.45, 7) is 4.39. The third kappa shape index (κ3) is 3.70. The molecule has 0 spiro atoms. The summed E-state index contributed by atoms with van der Waals surface area (Å²) < 4.78 is 8.29. The van der Waals surface area contributed by atoms with Crippen molar-refractivity contribution in [1.82, 2.24) is 4.57 Å². The number of carbonyl (C=O) groups is 1. The van der Waals surface area contributed by atoms with Crippen LogP contribution in [0, 0.1) is 0 Å². The minimum atomic E-state index is -0.246. The molecule has 0 aliphatic rings. The van der Waals surface area contributed by atoms with E-state index in [2.05, 4.69) is 11.6 Å². The van der Waals surface area contributed by atoms with E-state index in [0.29, 0.717) is 16.9 Å². The molecule has 0 saturated heterocycles. The lowest BCUT2D eigenvalue weighted by Crippen LogP contribution is -2.16. The second kappa shape index (κ2) is 7.72. The minimum absolute atomic E-state index is 0.246. The van der Waals surface area contributed by atoms with Gasteiger partial charge in [0.1, 0.15) is 5.75 Å². The zero-order valence-electron chi connectivity index (χ0n) is 14.1. The molecule has 128 valence electrons. The quantitative estimate of drug-likeness (QED) is 0.495. The van der Waals surface area contributed by atoms with Crippen molar-refractivity contribution in [3.05, 3.63) is 65.5 Å². The highest BCUT2D eigenvalue weighted by Crippen LogP contribution is 2.23. The topological polar surface area (TPSA) is 43.6 Å². The number of hydrogen-bond donors (Lipinski definition) is 0. The van der Waals surface area contributed by atoms with Crippen LogP contribution in [0.4, 0.5) is 0 Å². The first-order valence-electron chi connectivity index (χ1n) is 7.67. The van der Waals surface area contributed by atoms with Gasteiger partial charge in [-0.05, 0) is 48.7 Å². The van der Waals surface area contributed by atoms with Gasteiger partial charge in [0.2, 0.25) is 0 Å². The van der Waals surface area contributed by atoms with Crippen molar-refractivity contribution in [3.63, 3.8) is 0 Å². The average Bonchev–Trinajstić information content (AvgIpc) is 2.98. The normalized spacial score (nSPS) is 11.7. The van der Waals surface area contributed by atoms with Gasteiger partial charge in [0.05, 0.1) is 17.3 Å². The van der Waals surface area contributed by atoms with Gasteiger partial charge in [-0.15, -0.1) is 18.3 Å². The highest BCUT2D eigenvalue weighted by atomic mass is 32.2. The third-order valence-electron chi connectivity index (χ3n) is 3.74. The summed E-state index contributed by atoms with van der Waals surface area (Å²) in [7, 11) is 1.64. The Hall–Kier alpha value is -2.31. The number of aromatic nitrogens is 1. The summed E-state index contributed by atoms with van der Waals surface area (Å²) in [6.07, 6.45) is 3.80. The number of ether oxygens (including phenoxy) is 1. The number of fused-ring (bicyclic) bond motifs is 1. The fourth-order valence-electron chi connectivity index (χ4n) is 2.46. The average molecular weight is 370 g/mol. The molecule has 0 bridgehead atoms. The lowest BCUT2D eigenvalue weighted by molar-refractivity contribution is 0.0998. The number of hydrogen-bond acceptors (Lipinski definition) is 4. The highest BCUT2D eigenvalue weighted by molar-refractivity contribution is 7.98. The first-order valence-corrected chi connectivity index (χ1v) is 9.71. The highest BCUT2D eigenvalue weighted by Gasteiger charge is 2.09. The molecule has 0 N–H and O–H groups in total. The Morgan fingerprint density at radius 3 is 2.72 bits per heavy atom. The number of benzene rings is 2. The summed E-state index contributed by atoms with van der Waals surface area (Å²) in [4.78, 5) is 18.7. The maximum Gasteiger partial charge on any atom is 0.279 e. The smallest absolute Gasteiger partial charge is 0.279 e. The molecule has 6 heteroatoms. The molecule has 25 heavy (non-hydrogen) atoms. The van der Waals surface area contributed by atoms with Crippen LogP contribution in [0.1, 0.15) is 10.4 Å². The lowest BCUT2D eigenvalue weighted by Gasteiger charge is -2.02. The SMILES string of the molecule is C=CCn1c(=NC(=O)c2ccc(SC)cc2)sc2cc(OC)ccc21. The van der Waals surface area contributed by atoms with E-state index in [9.17, 15) is 4.79 Å². The molecular formula is C19H18N2O2S2. The Labute approximate surface area is 154 Å². The van der Waals surface area contributed by atoms with Crippen LogP contribution in [-0.2, 0) is 6.54 Å². The molecule has 0 fully saturated rings. The first-order chi connectivity index (χ1) is 12.2. The van der Waals surface area contributed by atoms with Crippen LogP contribution in [0.25, 0.3) is 10.2 Å². The predicted molar refractivity (Wildman–Crippen MR) is 105 cm³/mol. The number of carbonyl (C=O) groups excluding carboxylic acids is 1. The van der Waals surface area contributed by atoms with Gasteiger partial charge in [0.25, 0.3) is 5.91 Å². The number of rotatable bonds is 5. The molecule has 2 aromatic carbocycles. The van der Waals surface area contributed by atoms with Crippen LogP contribution in [-0.4, -0.2) is 23.8 Å². The Bertz CT molecular complexity index is 985. The Balaban J connectivity index is 2.08. The van der Waals surface area contributed by atoms with Gasteiger partial charge < -0.3 is 9.30 Å². The molecule has 3 rings (SSSR count). The second-order valence-electron chi connectivity index (χ2n) is 5.26. The fourth-order valence-corrected chi connectivity index (χ4v) is 3.93. The van der Waals surface area contributed by atoms with Crippen molar-refractivity contribution < 1.29 is 9.53 Å². The van der Waals surface area contributed by atoms with E-state index in [1.165, 1.54) is 11.3 Å². The largest absolute Gasteiger partial charge is 0.497 e. The molecule has 0 aliphatic heterocycles. The number of allylic oxidation sites excluding steroid dienone is 1. The third-order valence-corrected chi connectivity index (χ3v) is 5.52. The monoisotopic (exact) mass is 370 g/mol. The van der Waals surface area contributed by atoms with Gasteiger partial charge in [-0.2, -0.15) is 4.99 Å². The molecule has 3 aromatic rings. The van der Waals surface area contributed by atoms with E-state index >= 15 is 0 Å². The molecule has 0 aliphatic carbocycles. The lowest BCUT2D eigenvalue weighted by atomic mass is 10.2. The van der Waals surface area contributed by atoms with Crippen molar-refractivity contribution >= 4 is 39.2 Å². The predicted octanol–water partition coefficient (Wildman–Crippen LogP) is 4.36. The molecule has 1 amide bonds. The maximum atomic E-state index is 12.5. The molecular weight excluding hydrogens is 352 g/mol. The van der Waals surface area contributed by atoms with Gasteiger partial charge in [-0.25, -0.2) is 0 Å². The molecule has 0 atom stereocenters. The molecule has 4 nitrogen and oxygen atoms in total. The van der Waals surface area contributed by atoms with Crippen molar-refractivity contribution in [3.8, 4) is 5.75 Å². The standard InChI is InChI=1S/C19H18N2O2S2/c1-4-11-21-16-10-7-14(23-2)12-17(16)25-19(21)20-18(22)13-5-8-15(24-3)9-6-13/h4-10,12H,1,11H2,2-3H3. The van der Waals surface area contributed by atoms with Crippen molar-refractivity contribution in [2.45, 2.75) is 11.4 Å². The first kappa shape index (κ1) is 17.5. The van der Waals surface area contributed by atoms with Gasteiger partial charge >= 0.3 is 0 Å². The second-order valence-corrected chi connectivity index (χ2v) is 7.15. The van der Waals surface area contributed by atoms with Crippen LogP contribution < -0.4 is 9.54 Å². The summed E-state index contributed by atoms with van der Waals surface area (Å²) in [5.74, 6) is 0.536. The van der Waals surface area contributed by atoms with Crippen LogP contribution in [0.3, 0.4) is 0 Å². The zero-order chi connectivity index (χ0) is 17.8. The van der Waals surface area contributed by atoms with Crippen LogP contribution in [0.2, 0.25) is 0 Å². The van der Waals surface area contributed by atoms with Crippen molar-refractivity contribution in [1.29, 1.82) is 0 Å². The maximum absolute atomic E-state index is 12.5. The zero-order valence-corrected chi connectivity index (χ0v) is 15.7. The van der Waals surface area contributed by atoms with E-state index in [1.54, 1.807) is 24.9 Å². The minimum Gasteiger partial charge on any atom is -0.497 e. The summed E-state index contributed by atoms with van der Waals surface area (Å²) in [5, 5.41) is 0. The van der Waals surface area contributed by atoms with Crippen LogP contribution >= 0.6 is 23.1 Å². The van der Waals surface area contributed by atoms with E-state index in [4.69, 9.17) is 4.74 Å². The summed E-state index contributed by atoms with van der Waals surface area (Å²) >= 11 is 3.11. The Morgan fingerprint density at radius 1 is 1.32 bits per heavy atom. The van der Waals surface area contributed by atoms with E-state index in [1.807, 2.05) is 53.3 Å². The number of thiazole rings is 1. The van der Waals surface area contributed by atoms with Gasteiger partial charge in [-0.1, -0.05) is 17.4 Å². The van der Waals surface area contributed by atoms with Gasteiger partial charge in [-0.3, -0.25) is 4.79 Å². The summed E-state index contributed by atoms with van der Waals surface area (Å²) in [6, 6.07) is 13.3. The van der Waals surface area contributed by atoms with E-state index in [0.717, 1.165) is 20.9 Å². The molecule has 1 heterocycles. The van der Waals surface area contributed by atoms with E-state index < -0.39 is 0 Å². The van der Waals surface area contributed by atoms with Crippen LogP contribution in [0.5, 0.6) is 5.75 Å². The summed E-state index contributed by atoms with van der Waals surface area (Å²) in [5.41, 5.74) is 1.59. The van der Waals surface area contributed by atoms with Gasteiger partial charge in [0, 0.05) is 17.0 Å². The van der Waals surface area contributed by atoms with E-state index in [-0.39, 0.29) is 5.91 Å².